The van der Waals surface area contributed by atoms with E-state index in [-0.39, 0.29) is 11.9 Å². The maximum Gasteiger partial charge on any atom is 0.322 e. The summed E-state index contributed by atoms with van der Waals surface area (Å²) in [5.41, 5.74) is -0.0903. The number of ether oxygens (including phenoxy) is 2. The number of carbonyl (C=O) groups excluding carboxylic acids is 2. The number of aromatic nitrogens is 3. The molecule has 2 saturated heterocycles. The number of fused-ring (bicyclic) bond motifs is 2. The molecule has 0 saturated carbocycles. The molecule has 3 aliphatic rings. The number of imide groups is 1. The average molecular weight is 445 g/mol. The maximum absolute atomic E-state index is 12.4. The number of nitrogens with one attached hydrogen (secondary N) is 2. The van der Waals surface area contributed by atoms with Gasteiger partial charge in [-0.1, -0.05) is 19.6 Å². The van der Waals surface area contributed by atoms with Gasteiger partial charge in [0.25, 0.3) is 5.91 Å². The first-order valence-electron chi connectivity index (χ1n) is 10.7. The molecular formula is C20H28N6O4Si. The Morgan fingerprint density at radius 3 is 2.90 bits per heavy atom. The lowest BCUT2D eigenvalue weighted by Gasteiger charge is -2.42. The molecule has 3 amide bonds. The van der Waals surface area contributed by atoms with Crippen molar-refractivity contribution in [3.8, 4) is 5.75 Å². The predicted octanol–water partition coefficient (Wildman–Crippen LogP) is 1.68. The van der Waals surface area contributed by atoms with Crippen molar-refractivity contribution in [1.29, 1.82) is 0 Å². The van der Waals surface area contributed by atoms with Crippen LogP contribution in [0.15, 0.2) is 12.5 Å². The topological polar surface area (TPSA) is 111 Å². The van der Waals surface area contributed by atoms with Crippen LogP contribution in [-0.4, -0.2) is 65.9 Å². The molecule has 1 spiro atoms. The smallest absolute Gasteiger partial charge is 0.322 e. The van der Waals surface area contributed by atoms with E-state index in [1.54, 1.807) is 6.33 Å². The Balaban J connectivity index is 1.39. The highest BCUT2D eigenvalue weighted by atomic mass is 28.3. The minimum Gasteiger partial charge on any atom is -0.489 e. The van der Waals surface area contributed by atoms with Crippen LogP contribution in [-0.2, 0) is 16.3 Å². The van der Waals surface area contributed by atoms with E-state index in [0.717, 1.165) is 35.3 Å². The molecule has 31 heavy (non-hydrogen) atoms. The number of urea groups is 1. The third-order valence-corrected chi connectivity index (χ3v) is 8.05. The average Bonchev–Trinajstić information content (AvgIpc) is 3.13. The number of hydrogen-bond acceptors (Lipinski definition) is 7. The molecular weight excluding hydrogens is 416 g/mol. The van der Waals surface area contributed by atoms with E-state index >= 15 is 0 Å². The van der Waals surface area contributed by atoms with Gasteiger partial charge >= 0.3 is 6.03 Å². The maximum atomic E-state index is 12.4. The molecule has 0 unspecified atom stereocenters. The van der Waals surface area contributed by atoms with Crippen molar-refractivity contribution in [2.24, 2.45) is 0 Å². The number of rotatable bonds is 5. The summed E-state index contributed by atoms with van der Waals surface area (Å²) in [6.45, 7) is 9.13. The lowest BCUT2D eigenvalue weighted by molar-refractivity contribution is -0.125. The third kappa shape index (κ3) is 3.55. The monoisotopic (exact) mass is 444 g/mol. The van der Waals surface area contributed by atoms with E-state index in [9.17, 15) is 9.59 Å². The van der Waals surface area contributed by atoms with Crippen molar-refractivity contribution in [3.63, 3.8) is 0 Å². The summed E-state index contributed by atoms with van der Waals surface area (Å²) < 4.78 is 14.1. The van der Waals surface area contributed by atoms with E-state index in [1.807, 2.05) is 10.8 Å². The lowest BCUT2D eigenvalue weighted by Crippen LogP contribution is -2.60. The Labute approximate surface area is 181 Å². The zero-order valence-corrected chi connectivity index (χ0v) is 19.1. The van der Waals surface area contributed by atoms with Crippen molar-refractivity contribution in [3.05, 3.63) is 12.5 Å². The van der Waals surface area contributed by atoms with Crippen LogP contribution in [0.2, 0.25) is 25.7 Å². The Hall–Kier alpha value is -2.66. The fourth-order valence-electron chi connectivity index (χ4n) is 4.61. The molecule has 0 aliphatic carbocycles. The van der Waals surface area contributed by atoms with E-state index in [0.29, 0.717) is 32.7 Å². The summed E-state index contributed by atoms with van der Waals surface area (Å²) in [7, 11) is -1.14. The van der Waals surface area contributed by atoms with Crippen molar-refractivity contribution in [2.45, 2.75) is 56.8 Å². The van der Waals surface area contributed by atoms with Gasteiger partial charge in [-0.05, 0) is 12.5 Å². The minimum atomic E-state index is -1.14. The second-order valence-corrected chi connectivity index (χ2v) is 15.4. The van der Waals surface area contributed by atoms with Gasteiger partial charge in [0, 0.05) is 27.6 Å². The quantitative estimate of drug-likeness (QED) is 0.410. The van der Waals surface area contributed by atoms with Crippen LogP contribution in [0, 0.1) is 0 Å². The number of anilines is 1. The van der Waals surface area contributed by atoms with Crippen molar-refractivity contribution < 1.29 is 19.1 Å². The zero-order chi connectivity index (χ0) is 21.8. The van der Waals surface area contributed by atoms with Crippen LogP contribution >= 0.6 is 0 Å². The van der Waals surface area contributed by atoms with E-state index in [4.69, 9.17) is 9.47 Å². The summed E-state index contributed by atoms with van der Waals surface area (Å²) in [6.07, 6.45) is 4.48. The van der Waals surface area contributed by atoms with E-state index in [2.05, 4.69) is 45.1 Å². The van der Waals surface area contributed by atoms with Gasteiger partial charge in [0.1, 0.15) is 42.2 Å². The molecule has 0 bridgehead atoms. The van der Waals surface area contributed by atoms with Gasteiger partial charge in [-0.2, -0.15) is 0 Å². The van der Waals surface area contributed by atoms with Crippen LogP contribution in [0.4, 0.5) is 10.6 Å². The Morgan fingerprint density at radius 2 is 2.16 bits per heavy atom. The molecule has 3 aliphatic heterocycles. The summed E-state index contributed by atoms with van der Waals surface area (Å²) in [5.74, 6) is 1.28. The largest absolute Gasteiger partial charge is 0.489 e. The molecule has 2 aromatic heterocycles. The zero-order valence-electron chi connectivity index (χ0n) is 18.1. The molecule has 2 N–H and O–H groups in total. The van der Waals surface area contributed by atoms with E-state index < -0.39 is 19.6 Å². The van der Waals surface area contributed by atoms with Gasteiger partial charge in [0.15, 0.2) is 5.65 Å². The Morgan fingerprint density at radius 1 is 1.32 bits per heavy atom. The minimum absolute atomic E-state index is 0.0788. The first kappa shape index (κ1) is 20.3. The summed E-state index contributed by atoms with van der Waals surface area (Å²) in [6, 6.07) is 0.603. The Bertz CT molecular complexity index is 1050. The summed E-state index contributed by atoms with van der Waals surface area (Å²) in [5, 5.41) is 6.07. The fourth-order valence-corrected chi connectivity index (χ4v) is 5.37. The molecule has 0 radical (unpaired) electrons. The van der Waals surface area contributed by atoms with Crippen LogP contribution in [0.25, 0.3) is 11.0 Å². The number of carbonyl (C=O) groups is 2. The molecule has 10 nitrogen and oxygen atoms in total. The van der Waals surface area contributed by atoms with Crippen molar-refractivity contribution in [2.75, 3.05) is 24.7 Å². The summed E-state index contributed by atoms with van der Waals surface area (Å²) in [4.78, 5) is 35.4. The fraction of sp³-hybridized carbons (Fsp3) is 0.600. The predicted molar refractivity (Wildman–Crippen MR) is 117 cm³/mol. The van der Waals surface area contributed by atoms with E-state index in [1.165, 1.54) is 0 Å². The summed E-state index contributed by atoms with van der Waals surface area (Å²) >= 11 is 0. The first-order valence-corrected chi connectivity index (χ1v) is 14.4. The molecule has 2 atom stereocenters. The third-order valence-electron chi connectivity index (χ3n) is 6.35. The normalized spacial score (nSPS) is 25.3. The van der Waals surface area contributed by atoms with Gasteiger partial charge in [-0.25, -0.2) is 14.8 Å². The highest BCUT2D eigenvalue weighted by Crippen LogP contribution is 2.41. The second kappa shape index (κ2) is 7.19. The Kier molecular flexibility index (Phi) is 4.70. The highest BCUT2D eigenvalue weighted by Gasteiger charge is 2.52. The van der Waals surface area contributed by atoms with Crippen LogP contribution in [0.5, 0.6) is 5.75 Å². The molecule has 5 rings (SSSR count). The molecule has 166 valence electrons. The van der Waals surface area contributed by atoms with Gasteiger partial charge in [0.05, 0.1) is 12.2 Å². The van der Waals surface area contributed by atoms with Crippen molar-refractivity contribution >= 4 is 36.9 Å². The van der Waals surface area contributed by atoms with Gasteiger partial charge < -0.3 is 24.3 Å². The molecule has 2 aromatic rings. The highest BCUT2D eigenvalue weighted by molar-refractivity contribution is 6.76. The van der Waals surface area contributed by atoms with Crippen LogP contribution < -0.4 is 20.3 Å². The number of hydrogen-bond donors (Lipinski definition) is 2. The lowest BCUT2D eigenvalue weighted by atomic mass is 9.83. The second-order valence-electron chi connectivity index (χ2n) is 9.81. The number of nitrogens with zero attached hydrogens (tertiary/aromatic N) is 4. The first-order chi connectivity index (χ1) is 14.8. The molecule has 11 heteroatoms. The number of amides is 3. The van der Waals surface area contributed by atoms with Gasteiger partial charge in [-0.3, -0.25) is 10.1 Å². The molecule has 5 heterocycles. The van der Waals surface area contributed by atoms with Gasteiger partial charge in [0.2, 0.25) is 0 Å². The van der Waals surface area contributed by atoms with Crippen molar-refractivity contribution in [1.82, 2.24) is 25.2 Å². The molecule has 0 aromatic carbocycles. The molecule has 2 fully saturated rings. The van der Waals surface area contributed by atoms with Crippen LogP contribution in [0.1, 0.15) is 12.8 Å². The SMILES string of the molecule is C[Si](C)(C)CCOCn1cc2c3c(ncnc31)N1CC[C@]3(C[C@H]1CO2)NC(=O)NC3=O. The number of piperidine rings is 1. The standard InChI is InChI=1S/C20H28N6O4Si/c1-31(2,3)7-6-29-12-25-9-14-15-16(25)21-11-22-17(15)26-5-4-20(8-13(26)10-30-14)18(27)23-19(28)24-20/h9,11,13H,4-8,10,12H2,1-3H3,(H2,23,24,27,28)/t13-,20+/m0/s1. The van der Waals surface area contributed by atoms with Gasteiger partial charge in [-0.15, -0.1) is 0 Å². The van der Waals surface area contributed by atoms with Crippen LogP contribution in [0.3, 0.4) is 0 Å².